The Hall–Kier alpha value is -3.58. The van der Waals surface area contributed by atoms with Crippen LogP contribution in [0.2, 0.25) is 0 Å². The molecule has 0 fully saturated rings. The Kier molecular flexibility index (Phi) is 6.87. The molecular formula is C25H24N4O2S. The number of nitrogens with one attached hydrogen (secondary N) is 1. The summed E-state index contributed by atoms with van der Waals surface area (Å²) in [4.78, 5) is 12.7. The summed E-state index contributed by atoms with van der Waals surface area (Å²) in [6.07, 6.45) is 1.65. The largest absolute Gasteiger partial charge is 0.487 e. The number of rotatable bonds is 8. The number of hydrogen-bond acceptors (Lipinski definition) is 5. The van der Waals surface area contributed by atoms with Crippen molar-refractivity contribution in [1.82, 2.24) is 14.8 Å². The second-order valence-corrected chi connectivity index (χ2v) is 8.37. The van der Waals surface area contributed by atoms with Crippen LogP contribution in [0.25, 0.3) is 5.69 Å². The second-order valence-electron chi connectivity index (χ2n) is 7.43. The lowest BCUT2D eigenvalue weighted by Gasteiger charge is -2.13. The number of hydrogen-bond donors (Lipinski definition) is 1. The van der Waals surface area contributed by atoms with E-state index in [0.717, 1.165) is 16.8 Å². The Morgan fingerprint density at radius 1 is 1.00 bits per heavy atom. The van der Waals surface area contributed by atoms with E-state index in [1.807, 2.05) is 91.2 Å². The van der Waals surface area contributed by atoms with E-state index in [9.17, 15) is 4.79 Å². The van der Waals surface area contributed by atoms with Crippen molar-refractivity contribution in [1.29, 1.82) is 0 Å². The molecule has 1 aromatic heterocycles. The van der Waals surface area contributed by atoms with Crippen LogP contribution in [0.5, 0.6) is 5.75 Å². The smallest absolute Gasteiger partial charge is 0.234 e. The van der Waals surface area contributed by atoms with Gasteiger partial charge in [-0.15, -0.1) is 10.2 Å². The van der Waals surface area contributed by atoms with Crippen molar-refractivity contribution in [3.05, 3.63) is 95.8 Å². The van der Waals surface area contributed by atoms with Crippen LogP contribution in [0.15, 0.2) is 84.3 Å². The maximum absolute atomic E-state index is 12.7. The van der Waals surface area contributed by atoms with Gasteiger partial charge in [0, 0.05) is 5.69 Å². The molecule has 1 amide bonds. The van der Waals surface area contributed by atoms with E-state index in [-0.39, 0.29) is 11.7 Å². The van der Waals surface area contributed by atoms with Gasteiger partial charge in [0.1, 0.15) is 18.7 Å². The lowest BCUT2D eigenvalue weighted by atomic mass is 10.2. The number of nitrogens with zero attached hydrogens (tertiary/aromatic N) is 3. The summed E-state index contributed by atoms with van der Waals surface area (Å²) in [6.45, 7) is 4.47. The number of ether oxygens (including phenoxy) is 1. The van der Waals surface area contributed by atoms with E-state index in [4.69, 9.17) is 4.74 Å². The Morgan fingerprint density at radius 3 is 2.53 bits per heavy atom. The fraction of sp³-hybridized carbons (Fsp3) is 0.160. The predicted molar refractivity (Wildman–Crippen MR) is 127 cm³/mol. The van der Waals surface area contributed by atoms with Gasteiger partial charge in [-0.2, -0.15) is 0 Å². The van der Waals surface area contributed by atoms with Crippen LogP contribution >= 0.6 is 11.8 Å². The normalized spacial score (nSPS) is 10.7. The monoisotopic (exact) mass is 444 g/mol. The highest BCUT2D eigenvalue weighted by Crippen LogP contribution is 2.27. The zero-order valence-corrected chi connectivity index (χ0v) is 18.8. The molecule has 0 bridgehead atoms. The molecule has 6 nitrogen and oxygen atoms in total. The molecule has 0 saturated heterocycles. The highest BCUT2D eigenvalue weighted by Gasteiger charge is 2.13. The van der Waals surface area contributed by atoms with Crippen molar-refractivity contribution in [2.24, 2.45) is 0 Å². The third-order valence-corrected chi connectivity index (χ3v) is 5.75. The SMILES string of the molecule is Cc1ccc(-n2cnnc2SCC(=O)Nc2ccc(C)cc2OCc2ccccc2)cc1. The first-order valence-corrected chi connectivity index (χ1v) is 11.2. The van der Waals surface area contributed by atoms with Crippen LogP contribution < -0.4 is 10.1 Å². The topological polar surface area (TPSA) is 69.0 Å². The van der Waals surface area contributed by atoms with Crippen molar-refractivity contribution in [2.45, 2.75) is 25.6 Å². The molecule has 0 saturated carbocycles. The van der Waals surface area contributed by atoms with Gasteiger partial charge >= 0.3 is 0 Å². The van der Waals surface area contributed by atoms with Crippen LogP contribution in [0, 0.1) is 13.8 Å². The summed E-state index contributed by atoms with van der Waals surface area (Å²) >= 11 is 1.34. The summed E-state index contributed by atoms with van der Waals surface area (Å²) in [5.74, 6) is 0.716. The maximum atomic E-state index is 12.7. The number of carbonyl (C=O) groups is 1. The van der Waals surface area contributed by atoms with Crippen LogP contribution in [-0.4, -0.2) is 26.4 Å². The molecule has 0 spiro atoms. The molecule has 162 valence electrons. The van der Waals surface area contributed by atoms with E-state index in [0.29, 0.717) is 23.2 Å². The zero-order valence-electron chi connectivity index (χ0n) is 18.0. The van der Waals surface area contributed by atoms with E-state index in [2.05, 4.69) is 15.5 Å². The summed E-state index contributed by atoms with van der Waals surface area (Å²) in [7, 11) is 0. The molecule has 7 heteroatoms. The number of aryl methyl sites for hydroxylation is 2. The van der Waals surface area contributed by atoms with Crippen molar-refractivity contribution in [2.75, 3.05) is 11.1 Å². The minimum absolute atomic E-state index is 0.137. The van der Waals surface area contributed by atoms with E-state index < -0.39 is 0 Å². The first-order chi connectivity index (χ1) is 15.6. The van der Waals surface area contributed by atoms with E-state index in [1.54, 1.807) is 6.33 Å². The summed E-state index contributed by atoms with van der Waals surface area (Å²) in [5, 5.41) is 11.8. The third-order valence-electron chi connectivity index (χ3n) is 4.81. The molecule has 1 N–H and O–H groups in total. The number of thioether (sulfide) groups is 1. The summed E-state index contributed by atoms with van der Waals surface area (Å²) in [5.41, 5.74) is 4.92. The number of benzene rings is 3. The standard InChI is InChI=1S/C25H24N4O2S/c1-18-8-11-21(12-9-18)29-17-26-28-25(29)32-16-24(30)27-22-13-10-19(2)14-23(22)31-15-20-6-4-3-5-7-20/h3-14,17H,15-16H2,1-2H3,(H,27,30). The molecule has 4 rings (SSSR count). The Bertz CT molecular complexity index is 1190. The fourth-order valence-electron chi connectivity index (χ4n) is 3.11. The van der Waals surface area contributed by atoms with Crippen molar-refractivity contribution in [3.8, 4) is 11.4 Å². The molecule has 0 atom stereocenters. The highest BCUT2D eigenvalue weighted by atomic mass is 32.2. The highest BCUT2D eigenvalue weighted by molar-refractivity contribution is 7.99. The lowest BCUT2D eigenvalue weighted by molar-refractivity contribution is -0.113. The molecule has 0 aliphatic rings. The van der Waals surface area contributed by atoms with Gasteiger partial charge in [0.15, 0.2) is 5.16 Å². The molecule has 32 heavy (non-hydrogen) atoms. The van der Waals surface area contributed by atoms with Gasteiger partial charge < -0.3 is 10.1 Å². The molecule has 3 aromatic carbocycles. The van der Waals surface area contributed by atoms with Crippen LogP contribution in [-0.2, 0) is 11.4 Å². The molecular weight excluding hydrogens is 420 g/mol. The number of amides is 1. The Balaban J connectivity index is 1.40. The number of aromatic nitrogens is 3. The average molecular weight is 445 g/mol. The minimum atomic E-state index is -0.137. The van der Waals surface area contributed by atoms with Gasteiger partial charge in [-0.1, -0.05) is 65.9 Å². The fourth-order valence-corrected chi connectivity index (χ4v) is 3.84. The molecule has 4 aromatic rings. The van der Waals surface area contributed by atoms with Gasteiger partial charge in [-0.25, -0.2) is 0 Å². The molecule has 0 aliphatic carbocycles. The molecule has 0 unspecified atom stereocenters. The van der Waals surface area contributed by atoms with Crippen molar-refractivity contribution in [3.63, 3.8) is 0 Å². The van der Waals surface area contributed by atoms with E-state index in [1.165, 1.54) is 17.3 Å². The second kappa shape index (κ2) is 10.2. The lowest BCUT2D eigenvalue weighted by Crippen LogP contribution is -2.15. The Morgan fingerprint density at radius 2 is 1.75 bits per heavy atom. The Labute approximate surface area is 191 Å². The van der Waals surface area contributed by atoms with Crippen LogP contribution in [0.4, 0.5) is 5.69 Å². The molecule has 0 aliphatic heterocycles. The van der Waals surface area contributed by atoms with Crippen LogP contribution in [0.3, 0.4) is 0 Å². The van der Waals surface area contributed by atoms with Gasteiger partial charge in [-0.3, -0.25) is 9.36 Å². The van der Waals surface area contributed by atoms with Gasteiger partial charge in [0.2, 0.25) is 5.91 Å². The maximum Gasteiger partial charge on any atom is 0.234 e. The van der Waals surface area contributed by atoms with Gasteiger partial charge in [-0.05, 0) is 49.2 Å². The van der Waals surface area contributed by atoms with Crippen LogP contribution in [0.1, 0.15) is 16.7 Å². The zero-order chi connectivity index (χ0) is 22.3. The summed E-state index contributed by atoms with van der Waals surface area (Å²) in [6, 6.07) is 23.8. The van der Waals surface area contributed by atoms with Crippen molar-refractivity contribution >= 4 is 23.4 Å². The molecule has 1 heterocycles. The minimum Gasteiger partial charge on any atom is -0.487 e. The van der Waals surface area contributed by atoms with Gasteiger partial charge in [0.05, 0.1) is 11.4 Å². The quantitative estimate of drug-likeness (QED) is 0.379. The first-order valence-electron chi connectivity index (χ1n) is 10.3. The summed E-state index contributed by atoms with van der Waals surface area (Å²) < 4.78 is 7.87. The first kappa shape index (κ1) is 21.6. The number of carbonyl (C=O) groups excluding carboxylic acids is 1. The predicted octanol–water partition coefficient (Wildman–Crippen LogP) is 5.19. The molecule has 0 radical (unpaired) electrons. The third kappa shape index (κ3) is 5.56. The van der Waals surface area contributed by atoms with E-state index >= 15 is 0 Å². The van der Waals surface area contributed by atoms with Gasteiger partial charge in [0.25, 0.3) is 0 Å². The van der Waals surface area contributed by atoms with Crippen molar-refractivity contribution < 1.29 is 9.53 Å². The average Bonchev–Trinajstić information content (AvgIpc) is 3.28. The number of anilines is 1.